The summed E-state index contributed by atoms with van der Waals surface area (Å²) in [4.78, 5) is 27.8. The van der Waals surface area contributed by atoms with Gasteiger partial charge in [-0.2, -0.15) is 5.21 Å². The molecule has 0 unspecified atom stereocenters. The summed E-state index contributed by atoms with van der Waals surface area (Å²) < 4.78 is 5.90. The average Bonchev–Trinajstić information content (AvgIpc) is 3.53. The molecule has 5 rings (SSSR count). The van der Waals surface area contributed by atoms with E-state index in [1.807, 2.05) is 48.5 Å². The van der Waals surface area contributed by atoms with E-state index < -0.39 is 0 Å². The highest BCUT2D eigenvalue weighted by Crippen LogP contribution is 2.33. The molecule has 0 atom stereocenters. The van der Waals surface area contributed by atoms with Gasteiger partial charge in [0.15, 0.2) is 6.61 Å². The van der Waals surface area contributed by atoms with Gasteiger partial charge in [0.25, 0.3) is 17.8 Å². The van der Waals surface area contributed by atoms with Crippen LogP contribution in [0.5, 0.6) is 5.75 Å². The lowest BCUT2D eigenvalue weighted by Crippen LogP contribution is -2.34. The second kappa shape index (κ2) is 13.2. The van der Waals surface area contributed by atoms with E-state index in [9.17, 15) is 9.59 Å². The fourth-order valence-corrected chi connectivity index (χ4v) is 5.19. The summed E-state index contributed by atoms with van der Waals surface area (Å²) in [5.41, 5.74) is 4.69. The van der Waals surface area contributed by atoms with Gasteiger partial charge in [0, 0.05) is 11.3 Å². The quantitative estimate of drug-likeness (QED) is 0.241. The van der Waals surface area contributed by atoms with Gasteiger partial charge in [0.05, 0.1) is 6.54 Å². The predicted molar refractivity (Wildman–Crippen MR) is 158 cm³/mol. The zero-order chi connectivity index (χ0) is 28.6. The van der Waals surface area contributed by atoms with Gasteiger partial charge < -0.3 is 9.64 Å². The Hall–Kier alpha value is -4.53. The van der Waals surface area contributed by atoms with Crippen molar-refractivity contribution >= 4 is 23.5 Å². The van der Waals surface area contributed by atoms with Crippen molar-refractivity contribution in [3.63, 3.8) is 0 Å². The molecule has 0 aliphatic heterocycles. The molecule has 1 heterocycles. The van der Waals surface area contributed by atoms with Crippen molar-refractivity contribution in [3.05, 3.63) is 95.1 Å². The van der Waals surface area contributed by atoms with Gasteiger partial charge >= 0.3 is 0 Å². The number of nitrogens with one attached hydrogen (secondary N) is 2. The van der Waals surface area contributed by atoms with Crippen LogP contribution in [0, 0.1) is 0 Å². The number of benzene rings is 3. The second-order valence-electron chi connectivity index (χ2n) is 10.8. The lowest BCUT2D eigenvalue weighted by Gasteiger charge is -2.25. The lowest BCUT2D eigenvalue weighted by atomic mass is 9.84. The molecule has 41 heavy (non-hydrogen) atoms. The van der Waals surface area contributed by atoms with E-state index in [1.165, 1.54) is 43.2 Å². The van der Waals surface area contributed by atoms with E-state index in [4.69, 9.17) is 4.74 Å². The normalized spacial score (nSPS) is 13.6. The largest absolute Gasteiger partial charge is 0.484 e. The summed E-state index contributed by atoms with van der Waals surface area (Å²) in [6.45, 7) is 4.54. The summed E-state index contributed by atoms with van der Waals surface area (Å²) >= 11 is 0. The zero-order valence-corrected chi connectivity index (χ0v) is 23.5. The summed E-state index contributed by atoms with van der Waals surface area (Å²) in [7, 11) is 0. The molecule has 2 N–H and O–H groups in total. The summed E-state index contributed by atoms with van der Waals surface area (Å²) in [5, 5.41) is 15.8. The first kappa shape index (κ1) is 28.0. The average molecular weight is 553 g/mol. The Morgan fingerprint density at radius 2 is 1.66 bits per heavy atom. The van der Waals surface area contributed by atoms with Crippen molar-refractivity contribution in [2.75, 3.05) is 16.8 Å². The van der Waals surface area contributed by atoms with Crippen molar-refractivity contribution in [2.45, 2.75) is 64.3 Å². The number of nitrogens with zero attached hydrogens (tertiary/aromatic N) is 4. The van der Waals surface area contributed by atoms with Crippen LogP contribution >= 0.6 is 0 Å². The zero-order valence-electron chi connectivity index (χ0n) is 23.5. The summed E-state index contributed by atoms with van der Waals surface area (Å²) in [6, 6.07) is 23.4. The Morgan fingerprint density at radius 3 is 2.29 bits per heavy atom. The molecule has 1 fully saturated rings. The third-order valence-electron chi connectivity index (χ3n) is 7.62. The number of carbonyl (C=O) groups excluding carboxylic acids is 2. The van der Waals surface area contributed by atoms with Crippen LogP contribution in [-0.4, -0.2) is 39.0 Å². The van der Waals surface area contributed by atoms with Crippen LogP contribution in [0.15, 0.2) is 72.8 Å². The number of carbonyl (C=O) groups is 2. The molecule has 1 aliphatic rings. The number of ether oxygens (including phenoxy) is 1. The van der Waals surface area contributed by atoms with Gasteiger partial charge in [0.2, 0.25) is 0 Å². The number of hydrogen-bond donors (Lipinski definition) is 2. The Bertz CT molecular complexity index is 1410. The lowest BCUT2D eigenvalue weighted by molar-refractivity contribution is -0.120. The van der Waals surface area contributed by atoms with Gasteiger partial charge in [-0.15, -0.1) is 5.10 Å². The first-order chi connectivity index (χ1) is 20.0. The number of aromatic amines is 1. The van der Waals surface area contributed by atoms with Crippen molar-refractivity contribution in [2.24, 2.45) is 0 Å². The second-order valence-corrected chi connectivity index (χ2v) is 10.8. The third kappa shape index (κ3) is 7.36. The highest BCUT2D eigenvalue weighted by Gasteiger charge is 2.20. The smallest absolute Gasteiger partial charge is 0.270 e. The molecular formula is C32H36N6O3. The fraction of sp³-hybridized carbons (Fsp3) is 0.344. The first-order valence-electron chi connectivity index (χ1n) is 14.2. The number of amides is 2. The molecule has 1 aromatic heterocycles. The Labute approximate surface area is 240 Å². The molecule has 9 heteroatoms. The molecule has 4 aromatic rings. The fourth-order valence-electron chi connectivity index (χ4n) is 5.19. The van der Waals surface area contributed by atoms with Gasteiger partial charge in [0.1, 0.15) is 5.75 Å². The maximum atomic E-state index is 13.6. The van der Waals surface area contributed by atoms with Crippen molar-refractivity contribution in [3.8, 4) is 5.75 Å². The Kier molecular flexibility index (Phi) is 9.03. The van der Waals surface area contributed by atoms with Crippen LogP contribution in [0.2, 0.25) is 0 Å². The molecule has 212 valence electrons. The molecule has 0 spiro atoms. The van der Waals surface area contributed by atoms with E-state index >= 15 is 0 Å². The number of rotatable bonds is 10. The minimum atomic E-state index is -0.346. The molecule has 0 radical (unpaired) electrons. The minimum Gasteiger partial charge on any atom is -0.484 e. The van der Waals surface area contributed by atoms with E-state index in [-0.39, 0.29) is 24.4 Å². The highest BCUT2D eigenvalue weighted by atomic mass is 16.5. The van der Waals surface area contributed by atoms with Gasteiger partial charge in [-0.05, 0) is 83.0 Å². The molecule has 9 nitrogen and oxygen atoms in total. The van der Waals surface area contributed by atoms with Crippen LogP contribution in [-0.2, 0) is 11.3 Å². The van der Waals surface area contributed by atoms with Crippen LogP contribution in [0.1, 0.15) is 84.8 Å². The van der Waals surface area contributed by atoms with Crippen molar-refractivity contribution in [1.29, 1.82) is 0 Å². The van der Waals surface area contributed by atoms with E-state index in [0.717, 1.165) is 11.3 Å². The van der Waals surface area contributed by atoms with Gasteiger partial charge in [-0.1, -0.05) is 74.6 Å². The van der Waals surface area contributed by atoms with Crippen molar-refractivity contribution in [1.82, 2.24) is 20.6 Å². The Morgan fingerprint density at radius 1 is 0.951 bits per heavy atom. The molecule has 1 aliphatic carbocycles. The number of hydrogen-bond acceptors (Lipinski definition) is 6. The number of tetrazole rings is 1. The maximum Gasteiger partial charge on any atom is 0.270 e. The van der Waals surface area contributed by atoms with Crippen LogP contribution in [0.25, 0.3) is 0 Å². The topological polar surface area (TPSA) is 113 Å². The third-order valence-corrected chi connectivity index (χ3v) is 7.62. The molecule has 3 aromatic carbocycles. The molecule has 2 amide bonds. The SMILES string of the molecule is CC(C)c1ccc(OCC(=O)N(Cc2ccc(C(=O)Nc3nn[nH]n3)cc2)c2ccc(C3CCCCC3)cc2)cc1. The summed E-state index contributed by atoms with van der Waals surface area (Å²) in [6.07, 6.45) is 6.30. The monoisotopic (exact) mass is 552 g/mol. The molecular weight excluding hydrogens is 516 g/mol. The van der Waals surface area contributed by atoms with Gasteiger partial charge in [-0.3, -0.25) is 14.9 Å². The van der Waals surface area contributed by atoms with Crippen LogP contribution in [0.4, 0.5) is 11.6 Å². The Balaban J connectivity index is 1.31. The van der Waals surface area contributed by atoms with E-state index in [2.05, 4.69) is 51.9 Å². The van der Waals surface area contributed by atoms with Crippen LogP contribution in [0.3, 0.4) is 0 Å². The van der Waals surface area contributed by atoms with E-state index in [0.29, 0.717) is 29.7 Å². The molecule has 1 saturated carbocycles. The number of H-pyrrole nitrogens is 1. The number of aromatic nitrogens is 4. The molecule has 0 saturated heterocycles. The predicted octanol–water partition coefficient (Wildman–Crippen LogP) is 6.24. The first-order valence-corrected chi connectivity index (χ1v) is 14.2. The van der Waals surface area contributed by atoms with Crippen LogP contribution < -0.4 is 15.0 Å². The number of anilines is 2. The maximum absolute atomic E-state index is 13.6. The van der Waals surface area contributed by atoms with E-state index in [1.54, 1.807) is 17.0 Å². The van der Waals surface area contributed by atoms with Gasteiger partial charge in [-0.25, -0.2) is 0 Å². The minimum absolute atomic E-state index is 0.0867. The van der Waals surface area contributed by atoms with Crippen molar-refractivity contribution < 1.29 is 14.3 Å². The molecule has 0 bridgehead atoms. The highest BCUT2D eigenvalue weighted by molar-refractivity contribution is 6.03. The standard InChI is InChI=1S/C32H36N6O3/c1-22(2)24-14-18-29(19-15-24)41-21-30(39)38(28-16-12-26(13-17-28)25-6-4-3-5-7-25)20-23-8-10-27(11-9-23)31(40)33-32-34-36-37-35-32/h8-19,22,25H,3-7,20-21H2,1-2H3,(H2,33,34,35,36,37,40). The summed E-state index contributed by atoms with van der Waals surface area (Å²) in [5.74, 6) is 1.28.